The lowest BCUT2D eigenvalue weighted by Crippen LogP contribution is -2.05. The first-order valence-corrected chi connectivity index (χ1v) is 5.91. The minimum Gasteiger partial charge on any atom is -0.491 e. The van der Waals surface area contributed by atoms with Gasteiger partial charge in [-0.05, 0) is 38.1 Å². The summed E-state index contributed by atoms with van der Waals surface area (Å²) >= 11 is 5.95. The van der Waals surface area contributed by atoms with Crippen molar-refractivity contribution in [2.75, 3.05) is 0 Å². The third kappa shape index (κ3) is 3.21. The van der Waals surface area contributed by atoms with Crippen molar-refractivity contribution in [1.29, 1.82) is 0 Å². The lowest BCUT2D eigenvalue weighted by atomic mass is 10.1. The molecule has 0 amide bonds. The molecule has 1 aromatic carbocycles. The van der Waals surface area contributed by atoms with Crippen LogP contribution in [0.5, 0.6) is 5.75 Å². The van der Waals surface area contributed by atoms with E-state index in [1.165, 1.54) is 0 Å². The van der Waals surface area contributed by atoms with Crippen molar-refractivity contribution in [2.24, 2.45) is 0 Å². The Balaban J connectivity index is 2.33. The zero-order chi connectivity index (χ0) is 12.3. The molecule has 2 rings (SSSR count). The Morgan fingerprint density at radius 1 is 1.18 bits per heavy atom. The summed E-state index contributed by atoms with van der Waals surface area (Å²) in [5.41, 5.74) is 1.86. The van der Waals surface area contributed by atoms with Crippen molar-refractivity contribution in [3.63, 3.8) is 0 Å². The normalized spacial score (nSPS) is 10.6. The Morgan fingerprint density at radius 3 is 2.71 bits per heavy atom. The summed E-state index contributed by atoms with van der Waals surface area (Å²) in [5, 5.41) is 0.685. The van der Waals surface area contributed by atoms with Crippen molar-refractivity contribution in [3.8, 4) is 17.0 Å². The second kappa shape index (κ2) is 5.19. The van der Waals surface area contributed by atoms with Gasteiger partial charge in [0, 0.05) is 16.8 Å². The molecule has 0 spiro atoms. The zero-order valence-corrected chi connectivity index (χ0v) is 10.6. The van der Waals surface area contributed by atoms with Crippen molar-refractivity contribution in [3.05, 3.63) is 47.6 Å². The van der Waals surface area contributed by atoms with E-state index in [-0.39, 0.29) is 6.10 Å². The number of hydrogen-bond donors (Lipinski definition) is 0. The van der Waals surface area contributed by atoms with Crippen molar-refractivity contribution in [2.45, 2.75) is 20.0 Å². The fourth-order valence-electron chi connectivity index (χ4n) is 1.56. The van der Waals surface area contributed by atoms with E-state index in [2.05, 4.69) is 4.98 Å². The van der Waals surface area contributed by atoms with Crippen LogP contribution in [0, 0.1) is 0 Å². The van der Waals surface area contributed by atoms with E-state index >= 15 is 0 Å². The molecule has 0 unspecified atom stereocenters. The van der Waals surface area contributed by atoms with Crippen LogP contribution in [0.15, 0.2) is 42.6 Å². The molecular weight excluding hydrogens is 234 g/mol. The summed E-state index contributed by atoms with van der Waals surface area (Å²) in [6, 6.07) is 11.5. The number of nitrogens with zero attached hydrogens (tertiary/aromatic N) is 1. The number of rotatable bonds is 3. The largest absolute Gasteiger partial charge is 0.491 e. The van der Waals surface area contributed by atoms with E-state index in [0.717, 1.165) is 17.0 Å². The van der Waals surface area contributed by atoms with Crippen LogP contribution in [0.4, 0.5) is 0 Å². The third-order valence-corrected chi connectivity index (χ3v) is 2.46. The van der Waals surface area contributed by atoms with Gasteiger partial charge in [-0.2, -0.15) is 0 Å². The molecule has 1 heterocycles. The van der Waals surface area contributed by atoms with Gasteiger partial charge in [0.05, 0.1) is 11.8 Å². The average molecular weight is 248 g/mol. The van der Waals surface area contributed by atoms with Gasteiger partial charge in [-0.15, -0.1) is 0 Å². The molecule has 0 atom stereocenters. The Kier molecular flexibility index (Phi) is 3.64. The van der Waals surface area contributed by atoms with Gasteiger partial charge in [-0.25, -0.2) is 0 Å². The van der Waals surface area contributed by atoms with E-state index in [4.69, 9.17) is 16.3 Å². The molecule has 88 valence electrons. The first-order chi connectivity index (χ1) is 8.15. The molecule has 2 aromatic rings. The summed E-state index contributed by atoms with van der Waals surface area (Å²) < 4.78 is 5.65. The van der Waals surface area contributed by atoms with Crippen LogP contribution in [0.2, 0.25) is 5.02 Å². The fraction of sp³-hybridized carbons (Fsp3) is 0.214. The molecule has 0 aliphatic carbocycles. The number of halogens is 1. The van der Waals surface area contributed by atoms with Crippen molar-refractivity contribution < 1.29 is 4.74 Å². The lowest BCUT2D eigenvalue weighted by Gasteiger charge is -2.10. The number of ether oxygens (including phenoxy) is 1. The van der Waals surface area contributed by atoms with Gasteiger partial charge in [0.15, 0.2) is 0 Å². The van der Waals surface area contributed by atoms with Crippen LogP contribution in [0.25, 0.3) is 11.3 Å². The van der Waals surface area contributed by atoms with Gasteiger partial charge in [-0.3, -0.25) is 4.98 Å². The van der Waals surface area contributed by atoms with E-state index in [1.54, 1.807) is 12.3 Å². The lowest BCUT2D eigenvalue weighted by molar-refractivity contribution is 0.242. The Hall–Kier alpha value is -1.54. The van der Waals surface area contributed by atoms with Crippen LogP contribution >= 0.6 is 11.6 Å². The maximum Gasteiger partial charge on any atom is 0.120 e. The van der Waals surface area contributed by atoms with Gasteiger partial charge in [-0.1, -0.05) is 23.7 Å². The van der Waals surface area contributed by atoms with Crippen LogP contribution in [-0.4, -0.2) is 11.1 Å². The maximum absolute atomic E-state index is 5.95. The Morgan fingerprint density at radius 2 is 2.00 bits per heavy atom. The van der Waals surface area contributed by atoms with E-state index in [9.17, 15) is 0 Å². The molecule has 0 saturated heterocycles. The molecule has 0 aliphatic heterocycles. The number of pyridine rings is 1. The van der Waals surface area contributed by atoms with Crippen LogP contribution < -0.4 is 4.74 Å². The average Bonchev–Trinajstić information content (AvgIpc) is 2.28. The predicted molar refractivity (Wildman–Crippen MR) is 70.4 cm³/mol. The van der Waals surface area contributed by atoms with Gasteiger partial charge >= 0.3 is 0 Å². The molecule has 0 radical (unpaired) electrons. The first kappa shape index (κ1) is 11.9. The van der Waals surface area contributed by atoms with Crippen molar-refractivity contribution in [1.82, 2.24) is 4.98 Å². The molecule has 0 aliphatic rings. The molecule has 0 N–H and O–H groups in total. The second-order valence-electron chi connectivity index (χ2n) is 4.05. The molecule has 0 saturated carbocycles. The molecule has 17 heavy (non-hydrogen) atoms. The minimum absolute atomic E-state index is 0.164. The second-order valence-corrected chi connectivity index (χ2v) is 4.49. The van der Waals surface area contributed by atoms with Gasteiger partial charge in [0.1, 0.15) is 5.75 Å². The highest BCUT2D eigenvalue weighted by atomic mass is 35.5. The summed E-state index contributed by atoms with van der Waals surface area (Å²) in [6.45, 7) is 4.01. The quantitative estimate of drug-likeness (QED) is 0.811. The zero-order valence-electron chi connectivity index (χ0n) is 9.85. The molecular formula is C14H14ClNO. The Labute approximate surface area is 106 Å². The SMILES string of the molecule is CC(C)Oc1cccc(-c2cc(Cl)ccn2)c1. The molecule has 0 fully saturated rings. The molecule has 0 bridgehead atoms. The maximum atomic E-state index is 5.95. The standard InChI is InChI=1S/C14H14ClNO/c1-10(2)17-13-5-3-4-11(8-13)14-9-12(15)6-7-16-14/h3-10H,1-2H3. The summed E-state index contributed by atoms with van der Waals surface area (Å²) in [7, 11) is 0. The topological polar surface area (TPSA) is 22.1 Å². The molecule has 2 nitrogen and oxygen atoms in total. The number of aromatic nitrogens is 1. The highest BCUT2D eigenvalue weighted by Crippen LogP contribution is 2.24. The first-order valence-electron chi connectivity index (χ1n) is 5.54. The van der Waals surface area contributed by atoms with E-state index < -0.39 is 0 Å². The van der Waals surface area contributed by atoms with Crippen LogP contribution in [-0.2, 0) is 0 Å². The van der Waals surface area contributed by atoms with Crippen molar-refractivity contribution >= 4 is 11.6 Å². The van der Waals surface area contributed by atoms with Crippen LogP contribution in [0.1, 0.15) is 13.8 Å². The summed E-state index contributed by atoms with van der Waals surface area (Å²) in [5.74, 6) is 0.847. The highest BCUT2D eigenvalue weighted by molar-refractivity contribution is 6.30. The summed E-state index contributed by atoms with van der Waals surface area (Å²) in [4.78, 5) is 4.29. The minimum atomic E-state index is 0.164. The predicted octanol–water partition coefficient (Wildman–Crippen LogP) is 4.19. The van der Waals surface area contributed by atoms with Gasteiger partial charge in [0.2, 0.25) is 0 Å². The summed E-state index contributed by atoms with van der Waals surface area (Å²) in [6.07, 6.45) is 1.87. The van der Waals surface area contributed by atoms with E-state index in [0.29, 0.717) is 5.02 Å². The van der Waals surface area contributed by atoms with E-state index in [1.807, 2.05) is 44.2 Å². The smallest absolute Gasteiger partial charge is 0.120 e. The number of benzene rings is 1. The molecule has 3 heteroatoms. The Bertz CT molecular complexity index is 511. The monoisotopic (exact) mass is 247 g/mol. The fourth-order valence-corrected chi connectivity index (χ4v) is 1.72. The number of hydrogen-bond acceptors (Lipinski definition) is 2. The highest BCUT2D eigenvalue weighted by Gasteiger charge is 2.03. The van der Waals surface area contributed by atoms with Crippen LogP contribution in [0.3, 0.4) is 0 Å². The molecule has 1 aromatic heterocycles. The van der Waals surface area contributed by atoms with Gasteiger partial charge < -0.3 is 4.74 Å². The third-order valence-electron chi connectivity index (χ3n) is 2.22. The van der Waals surface area contributed by atoms with Gasteiger partial charge in [0.25, 0.3) is 0 Å².